The summed E-state index contributed by atoms with van der Waals surface area (Å²) in [4.78, 5) is 28.1. The van der Waals surface area contributed by atoms with Gasteiger partial charge in [0, 0.05) is 17.1 Å². The highest BCUT2D eigenvalue weighted by Crippen LogP contribution is 2.22. The van der Waals surface area contributed by atoms with Crippen molar-refractivity contribution in [3.8, 4) is 5.75 Å². The lowest BCUT2D eigenvalue weighted by molar-refractivity contribution is -0.143. The van der Waals surface area contributed by atoms with E-state index in [1.165, 1.54) is 6.42 Å². The molecule has 0 aliphatic heterocycles. The van der Waals surface area contributed by atoms with E-state index < -0.39 is 6.04 Å². The lowest BCUT2D eigenvalue weighted by Gasteiger charge is -2.32. The first-order valence-corrected chi connectivity index (χ1v) is 12.3. The van der Waals surface area contributed by atoms with E-state index in [-0.39, 0.29) is 24.5 Å². The van der Waals surface area contributed by atoms with Gasteiger partial charge in [-0.3, -0.25) is 9.59 Å². The minimum atomic E-state index is -0.528. The highest BCUT2D eigenvalue weighted by molar-refractivity contribution is 9.10. The molecule has 2 amide bonds. The van der Waals surface area contributed by atoms with Crippen LogP contribution in [0.2, 0.25) is 0 Å². The van der Waals surface area contributed by atoms with E-state index in [1.54, 1.807) is 4.90 Å². The first-order valence-electron chi connectivity index (χ1n) is 11.5. The Morgan fingerprint density at radius 3 is 2.50 bits per heavy atom. The second kappa shape index (κ2) is 12.0. The minimum Gasteiger partial charge on any atom is -0.484 e. The number of carbonyl (C=O) groups is 2. The molecule has 0 aromatic heterocycles. The van der Waals surface area contributed by atoms with Crippen molar-refractivity contribution in [2.75, 3.05) is 6.61 Å². The molecule has 1 atom stereocenters. The van der Waals surface area contributed by atoms with Crippen LogP contribution in [0.3, 0.4) is 0 Å². The number of halogens is 1. The molecule has 0 saturated heterocycles. The van der Waals surface area contributed by atoms with Crippen LogP contribution in [0.1, 0.15) is 56.6 Å². The molecular formula is C26H33BrN2O3. The average molecular weight is 501 g/mol. The molecule has 0 heterocycles. The molecule has 1 fully saturated rings. The van der Waals surface area contributed by atoms with Gasteiger partial charge in [-0.25, -0.2) is 0 Å². The van der Waals surface area contributed by atoms with Crippen molar-refractivity contribution in [2.45, 2.75) is 71.0 Å². The Morgan fingerprint density at radius 2 is 1.84 bits per heavy atom. The summed E-state index contributed by atoms with van der Waals surface area (Å²) in [6.45, 7) is 4.19. The highest BCUT2D eigenvalue weighted by atomic mass is 79.9. The van der Waals surface area contributed by atoms with Crippen LogP contribution in [0.15, 0.2) is 53.0 Å². The van der Waals surface area contributed by atoms with Gasteiger partial charge in [0.05, 0.1) is 0 Å². The summed E-state index contributed by atoms with van der Waals surface area (Å²) in [5.74, 6) is 0.377. The van der Waals surface area contributed by atoms with Crippen LogP contribution >= 0.6 is 15.9 Å². The van der Waals surface area contributed by atoms with Crippen molar-refractivity contribution in [1.29, 1.82) is 0 Å². The van der Waals surface area contributed by atoms with Gasteiger partial charge in [0.1, 0.15) is 11.8 Å². The number of hydrogen-bond acceptors (Lipinski definition) is 3. The number of rotatable bonds is 9. The van der Waals surface area contributed by atoms with Gasteiger partial charge in [-0.15, -0.1) is 0 Å². The third-order valence-corrected chi connectivity index (χ3v) is 6.91. The smallest absolute Gasteiger partial charge is 0.261 e. The fourth-order valence-electron chi connectivity index (χ4n) is 4.18. The summed E-state index contributed by atoms with van der Waals surface area (Å²) in [5.41, 5.74) is 2.03. The van der Waals surface area contributed by atoms with Gasteiger partial charge in [0.15, 0.2) is 6.61 Å². The van der Waals surface area contributed by atoms with Gasteiger partial charge in [-0.2, -0.15) is 0 Å². The number of aryl methyl sites for hydroxylation is 1. The number of hydrogen-bond donors (Lipinski definition) is 1. The average Bonchev–Trinajstić information content (AvgIpc) is 2.81. The van der Waals surface area contributed by atoms with Gasteiger partial charge < -0.3 is 15.0 Å². The Kier molecular flexibility index (Phi) is 9.15. The molecule has 6 heteroatoms. The molecule has 1 N–H and O–H groups in total. The van der Waals surface area contributed by atoms with Gasteiger partial charge in [-0.05, 0) is 55.5 Å². The molecule has 3 rings (SSSR count). The largest absolute Gasteiger partial charge is 0.484 e. The van der Waals surface area contributed by atoms with Crippen LogP contribution < -0.4 is 10.1 Å². The summed E-state index contributed by atoms with van der Waals surface area (Å²) in [7, 11) is 0. The predicted octanol–water partition coefficient (Wildman–Crippen LogP) is 5.39. The summed E-state index contributed by atoms with van der Waals surface area (Å²) in [6, 6.07) is 15.1. The van der Waals surface area contributed by atoms with E-state index in [0.29, 0.717) is 18.7 Å². The summed E-state index contributed by atoms with van der Waals surface area (Å²) < 4.78 is 6.80. The van der Waals surface area contributed by atoms with Crippen molar-refractivity contribution in [3.05, 3.63) is 64.1 Å². The van der Waals surface area contributed by atoms with Crippen LogP contribution in [-0.2, 0) is 16.1 Å². The molecule has 1 aliphatic rings. The second-order valence-corrected chi connectivity index (χ2v) is 9.33. The zero-order valence-corrected chi connectivity index (χ0v) is 20.6. The standard InChI is InChI=1S/C26H33BrN2O3/c1-3-24(26(31)28-21-12-8-5-9-13-21)29(17-20-10-6-4-7-11-20)25(30)18-32-22-14-15-23(27)19(2)16-22/h4,6-7,10-11,14-16,21,24H,3,5,8-9,12-13,17-18H2,1-2H3,(H,28,31)/t24-/m0/s1. The quantitative estimate of drug-likeness (QED) is 0.501. The van der Waals surface area contributed by atoms with Crippen LogP contribution in [0.4, 0.5) is 0 Å². The van der Waals surface area contributed by atoms with E-state index in [1.807, 2.05) is 62.4 Å². The van der Waals surface area contributed by atoms with Gasteiger partial charge in [0.2, 0.25) is 5.91 Å². The molecular weight excluding hydrogens is 468 g/mol. The van der Waals surface area contributed by atoms with E-state index in [9.17, 15) is 9.59 Å². The molecule has 0 bridgehead atoms. The molecule has 32 heavy (non-hydrogen) atoms. The first kappa shape index (κ1) is 24.3. The maximum absolute atomic E-state index is 13.3. The molecule has 2 aromatic carbocycles. The topological polar surface area (TPSA) is 58.6 Å². The van der Waals surface area contributed by atoms with Crippen LogP contribution in [-0.4, -0.2) is 35.4 Å². The first-order chi connectivity index (χ1) is 15.5. The van der Waals surface area contributed by atoms with Gasteiger partial charge in [0.25, 0.3) is 5.91 Å². The van der Waals surface area contributed by atoms with Crippen LogP contribution in [0.25, 0.3) is 0 Å². The Bertz CT molecular complexity index is 897. The molecule has 1 aliphatic carbocycles. The number of ether oxygens (including phenoxy) is 1. The normalized spacial score (nSPS) is 15.1. The zero-order chi connectivity index (χ0) is 22.9. The molecule has 0 spiro atoms. The highest BCUT2D eigenvalue weighted by Gasteiger charge is 2.30. The summed E-state index contributed by atoms with van der Waals surface area (Å²) >= 11 is 3.48. The monoisotopic (exact) mass is 500 g/mol. The fraction of sp³-hybridized carbons (Fsp3) is 0.462. The van der Waals surface area contributed by atoms with Gasteiger partial charge in [-0.1, -0.05) is 72.4 Å². The van der Waals surface area contributed by atoms with Crippen molar-refractivity contribution in [2.24, 2.45) is 0 Å². The molecule has 0 radical (unpaired) electrons. The molecule has 172 valence electrons. The Labute approximate surface area is 199 Å². The number of nitrogens with zero attached hydrogens (tertiary/aromatic N) is 1. The Balaban J connectivity index is 1.73. The molecule has 0 unspecified atom stereocenters. The van der Waals surface area contributed by atoms with E-state index in [4.69, 9.17) is 4.74 Å². The third kappa shape index (κ3) is 6.83. The van der Waals surface area contributed by atoms with Crippen LogP contribution in [0, 0.1) is 6.92 Å². The Morgan fingerprint density at radius 1 is 1.12 bits per heavy atom. The molecule has 5 nitrogen and oxygen atoms in total. The number of benzene rings is 2. The lowest BCUT2D eigenvalue weighted by atomic mass is 9.95. The maximum Gasteiger partial charge on any atom is 0.261 e. The number of amides is 2. The fourth-order valence-corrected chi connectivity index (χ4v) is 4.43. The minimum absolute atomic E-state index is 0.0665. The summed E-state index contributed by atoms with van der Waals surface area (Å²) in [5, 5.41) is 3.20. The predicted molar refractivity (Wildman–Crippen MR) is 130 cm³/mol. The van der Waals surface area contributed by atoms with Crippen molar-refractivity contribution < 1.29 is 14.3 Å². The SMILES string of the molecule is CC[C@@H](C(=O)NC1CCCCC1)N(Cc1ccccc1)C(=O)COc1ccc(Br)c(C)c1. The summed E-state index contributed by atoms with van der Waals surface area (Å²) in [6.07, 6.45) is 6.11. The van der Waals surface area contributed by atoms with Gasteiger partial charge >= 0.3 is 0 Å². The molecule has 2 aromatic rings. The number of carbonyl (C=O) groups excluding carboxylic acids is 2. The zero-order valence-electron chi connectivity index (χ0n) is 19.0. The third-order valence-electron chi connectivity index (χ3n) is 6.02. The second-order valence-electron chi connectivity index (χ2n) is 8.47. The lowest BCUT2D eigenvalue weighted by Crippen LogP contribution is -2.52. The molecule has 1 saturated carbocycles. The van der Waals surface area contributed by atoms with Crippen molar-refractivity contribution >= 4 is 27.7 Å². The van der Waals surface area contributed by atoms with Crippen molar-refractivity contribution in [3.63, 3.8) is 0 Å². The van der Waals surface area contributed by atoms with Crippen molar-refractivity contribution in [1.82, 2.24) is 10.2 Å². The Hall–Kier alpha value is -2.34. The maximum atomic E-state index is 13.3. The number of nitrogens with one attached hydrogen (secondary N) is 1. The van der Waals surface area contributed by atoms with Crippen LogP contribution in [0.5, 0.6) is 5.75 Å². The van der Waals surface area contributed by atoms with E-state index in [2.05, 4.69) is 21.2 Å². The van der Waals surface area contributed by atoms with E-state index in [0.717, 1.165) is 41.3 Å². The van der Waals surface area contributed by atoms with E-state index >= 15 is 0 Å².